The summed E-state index contributed by atoms with van der Waals surface area (Å²) in [6.45, 7) is 2.00. The minimum atomic E-state index is -0.581. The second-order valence-electron chi connectivity index (χ2n) is 5.92. The van der Waals surface area contributed by atoms with E-state index in [-0.39, 0.29) is 18.2 Å². The van der Waals surface area contributed by atoms with E-state index in [1.165, 1.54) is 11.8 Å². The summed E-state index contributed by atoms with van der Waals surface area (Å²) < 4.78 is 0. The predicted molar refractivity (Wildman–Crippen MR) is 110 cm³/mol. The molecule has 2 aromatic carbocycles. The predicted octanol–water partition coefficient (Wildman–Crippen LogP) is 3.60. The Morgan fingerprint density at radius 2 is 1.93 bits per heavy atom. The lowest BCUT2D eigenvalue weighted by molar-refractivity contribution is -0.123. The topological polar surface area (TPSA) is 82.9 Å². The molecule has 1 fully saturated rings. The minimum absolute atomic E-state index is 0.0742. The van der Waals surface area contributed by atoms with Crippen molar-refractivity contribution in [2.75, 3.05) is 5.32 Å². The average Bonchev–Trinajstić information content (AvgIpc) is 2.65. The highest BCUT2D eigenvalue weighted by atomic mass is 35.5. The summed E-state index contributed by atoms with van der Waals surface area (Å²) in [4.78, 5) is 24.3. The first-order chi connectivity index (χ1) is 13.0. The fraction of sp³-hybridized carbons (Fsp3) is 0.158. The number of amides is 2. The van der Waals surface area contributed by atoms with Gasteiger partial charge in [0.15, 0.2) is 5.17 Å². The van der Waals surface area contributed by atoms with Crippen molar-refractivity contribution in [2.24, 2.45) is 10.2 Å². The van der Waals surface area contributed by atoms with Crippen LogP contribution in [0.2, 0.25) is 5.02 Å². The zero-order chi connectivity index (χ0) is 19.2. The molecule has 2 N–H and O–H groups in total. The number of hydrogen-bond donors (Lipinski definition) is 2. The van der Waals surface area contributed by atoms with Crippen molar-refractivity contribution in [2.45, 2.75) is 18.6 Å². The molecule has 138 valence electrons. The number of carbonyl (C=O) groups excluding carboxylic acids is 2. The van der Waals surface area contributed by atoms with Crippen LogP contribution in [0, 0.1) is 6.92 Å². The molecule has 1 aliphatic heterocycles. The SMILES string of the molecule is Cc1ccc(/C=N\N=C2/NC(=O)C[C@H](C(=O)Nc3ccc(Cl)cc3)S2)cc1. The molecule has 1 saturated heterocycles. The molecule has 0 saturated carbocycles. The highest BCUT2D eigenvalue weighted by molar-refractivity contribution is 8.15. The summed E-state index contributed by atoms with van der Waals surface area (Å²) in [6, 6.07) is 14.6. The van der Waals surface area contributed by atoms with Gasteiger partial charge in [-0.15, -0.1) is 5.10 Å². The molecule has 1 aliphatic rings. The van der Waals surface area contributed by atoms with E-state index in [4.69, 9.17) is 11.6 Å². The number of anilines is 1. The monoisotopic (exact) mass is 400 g/mol. The van der Waals surface area contributed by atoms with E-state index in [9.17, 15) is 9.59 Å². The molecule has 0 unspecified atom stereocenters. The lowest BCUT2D eigenvalue weighted by Crippen LogP contribution is -2.41. The Balaban J connectivity index is 1.64. The number of benzene rings is 2. The summed E-state index contributed by atoms with van der Waals surface area (Å²) in [6.07, 6.45) is 1.67. The zero-order valence-corrected chi connectivity index (χ0v) is 16.1. The van der Waals surface area contributed by atoms with Gasteiger partial charge in [0.25, 0.3) is 0 Å². The largest absolute Gasteiger partial charge is 0.325 e. The van der Waals surface area contributed by atoms with Crippen LogP contribution < -0.4 is 10.6 Å². The fourth-order valence-corrected chi connectivity index (χ4v) is 3.36. The van der Waals surface area contributed by atoms with E-state index < -0.39 is 5.25 Å². The first kappa shape index (κ1) is 19.1. The van der Waals surface area contributed by atoms with Crippen molar-refractivity contribution in [3.8, 4) is 0 Å². The van der Waals surface area contributed by atoms with Gasteiger partial charge < -0.3 is 10.6 Å². The van der Waals surface area contributed by atoms with Crippen LogP contribution in [0.1, 0.15) is 17.5 Å². The molecule has 3 rings (SSSR count). The van der Waals surface area contributed by atoms with Gasteiger partial charge >= 0.3 is 0 Å². The molecule has 6 nitrogen and oxygen atoms in total. The highest BCUT2D eigenvalue weighted by Gasteiger charge is 2.30. The summed E-state index contributed by atoms with van der Waals surface area (Å²) >= 11 is 7.01. The summed E-state index contributed by atoms with van der Waals surface area (Å²) in [5, 5.41) is 13.7. The molecule has 0 aliphatic carbocycles. The fourth-order valence-electron chi connectivity index (χ4n) is 2.30. The van der Waals surface area contributed by atoms with Crippen LogP contribution in [-0.4, -0.2) is 28.4 Å². The van der Waals surface area contributed by atoms with Crippen molar-refractivity contribution in [3.05, 3.63) is 64.7 Å². The van der Waals surface area contributed by atoms with Crippen molar-refractivity contribution in [3.63, 3.8) is 0 Å². The Hall–Kier alpha value is -2.64. The van der Waals surface area contributed by atoms with E-state index in [2.05, 4.69) is 20.8 Å². The third-order valence-corrected chi connectivity index (χ3v) is 5.03. The second-order valence-corrected chi connectivity index (χ2v) is 7.54. The molecule has 0 spiro atoms. The van der Waals surface area contributed by atoms with Crippen LogP contribution in [0.5, 0.6) is 0 Å². The number of halogens is 1. The van der Waals surface area contributed by atoms with Crippen molar-refractivity contribution in [1.29, 1.82) is 0 Å². The number of carbonyl (C=O) groups is 2. The van der Waals surface area contributed by atoms with Gasteiger partial charge in [-0.25, -0.2) is 0 Å². The van der Waals surface area contributed by atoms with Crippen molar-refractivity contribution < 1.29 is 9.59 Å². The van der Waals surface area contributed by atoms with Crippen molar-refractivity contribution >= 4 is 52.2 Å². The standard InChI is InChI=1S/C19H17ClN4O2S/c1-12-2-4-13(5-3-12)11-21-24-19-23-17(25)10-16(27-19)18(26)22-15-8-6-14(20)7-9-15/h2-9,11,16H,10H2,1H3,(H,22,26)(H,23,24,25)/b21-11-/t16-/m1/s1. The maximum atomic E-state index is 12.4. The van der Waals surface area contributed by atoms with Crippen LogP contribution in [0.3, 0.4) is 0 Å². The number of hydrogen-bond acceptors (Lipinski definition) is 5. The van der Waals surface area contributed by atoms with Crippen LogP contribution in [0.15, 0.2) is 58.7 Å². The number of thioether (sulfide) groups is 1. The number of nitrogens with one attached hydrogen (secondary N) is 2. The van der Waals surface area contributed by atoms with Crippen molar-refractivity contribution in [1.82, 2.24) is 5.32 Å². The highest BCUT2D eigenvalue weighted by Crippen LogP contribution is 2.23. The smallest absolute Gasteiger partial charge is 0.238 e. The van der Waals surface area contributed by atoms with Gasteiger partial charge in [0.2, 0.25) is 11.8 Å². The Kier molecular flexibility index (Phi) is 6.26. The molecule has 1 heterocycles. The van der Waals surface area contributed by atoms with Gasteiger partial charge in [0.05, 0.1) is 6.21 Å². The Labute approximate surface area is 166 Å². The summed E-state index contributed by atoms with van der Waals surface area (Å²) in [5.74, 6) is -0.540. The molecule has 27 heavy (non-hydrogen) atoms. The van der Waals surface area contributed by atoms with E-state index in [0.29, 0.717) is 15.9 Å². The van der Waals surface area contributed by atoms with Gasteiger partial charge in [-0.2, -0.15) is 5.10 Å². The maximum Gasteiger partial charge on any atom is 0.238 e. The number of rotatable bonds is 4. The van der Waals surface area contributed by atoms with Crippen LogP contribution >= 0.6 is 23.4 Å². The molecule has 2 amide bonds. The quantitative estimate of drug-likeness (QED) is 0.607. The van der Waals surface area contributed by atoms with E-state index in [0.717, 1.165) is 11.1 Å². The Morgan fingerprint density at radius 1 is 1.22 bits per heavy atom. The van der Waals surface area contributed by atoms with E-state index in [1.54, 1.807) is 30.5 Å². The molecule has 2 aromatic rings. The summed E-state index contributed by atoms with van der Waals surface area (Å²) in [5.41, 5.74) is 2.67. The van der Waals surface area contributed by atoms with E-state index >= 15 is 0 Å². The third kappa shape index (κ3) is 5.67. The Bertz CT molecular complexity index is 895. The number of nitrogens with zero attached hydrogens (tertiary/aromatic N) is 2. The molecule has 0 bridgehead atoms. The lowest BCUT2D eigenvalue weighted by atomic mass is 10.2. The lowest BCUT2D eigenvalue weighted by Gasteiger charge is -2.21. The molecular formula is C19H17ClN4O2S. The maximum absolute atomic E-state index is 12.4. The number of aryl methyl sites for hydroxylation is 1. The normalized spacial score (nSPS) is 18.5. The zero-order valence-electron chi connectivity index (χ0n) is 14.5. The van der Waals surface area contributed by atoms with Gasteiger partial charge in [-0.05, 0) is 36.8 Å². The van der Waals surface area contributed by atoms with Gasteiger partial charge in [-0.1, -0.05) is 53.2 Å². The number of amidine groups is 1. The Morgan fingerprint density at radius 3 is 2.63 bits per heavy atom. The molecule has 1 atom stereocenters. The average molecular weight is 401 g/mol. The molecule has 8 heteroatoms. The minimum Gasteiger partial charge on any atom is -0.325 e. The van der Waals surface area contributed by atoms with Gasteiger partial charge in [0.1, 0.15) is 5.25 Å². The third-order valence-electron chi connectivity index (χ3n) is 3.71. The first-order valence-electron chi connectivity index (χ1n) is 8.20. The van der Waals surface area contributed by atoms with E-state index in [1.807, 2.05) is 31.2 Å². The molecule has 0 aromatic heterocycles. The summed E-state index contributed by atoms with van der Waals surface area (Å²) in [7, 11) is 0. The second kappa shape index (κ2) is 8.83. The van der Waals surface area contributed by atoms with Gasteiger partial charge in [0, 0.05) is 17.1 Å². The molecule has 0 radical (unpaired) electrons. The first-order valence-corrected chi connectivity index (χ1v) is 9.46. The molecular weight excluding hydrogens is 384 g/mol. The van der Waals surface area contributed by atoms with Crippen LogP contribution in [0.4, 0.5) is 5.69 Å². The van der Waals surface area contributed by atoms with Crippen LogP contribution in [0.25, 0.3) is 0 Å². The van der Waals surface area contributed by atoms with Crippen LogP contribution in [-0.2, 0) is 9.59 Å². The van der Waals surface area contributed by atoms with Gasteiger partial charge in [-0.3, -0.25) is 9.59 Å².